The number of benzene rings is 2. The molecule has 3 amide bonds. The van der Waals surface area contributed by atoms with Gasteiger partial charge in [0.25, 0.3) is 11.8 Å². The van der Waals surface area contributed by atoms with E-state index in [0.29, 0.717) is 19.5 Å². The summed E-state index contributed by atoms with van der Waals surface area (Å²) in [6, 6.07) is 18.6. The summed E-state index contributed by atoms with van der Waals surface area (Å²) >= 11 is 0. The molecule has 0 saturated carbocycles. The minimum absolute atomic E-state index is 0.135. The normalized spacial score (nSPS) is 17.0. The molecule has 0 fully saturated rings. The standard InChI is InChI=1S/C26H29N5O4/c1-26(25(34)28-16-18-9-5-4-6-10-18)17-31-21(24(33)30(26)2)15-20(29-31)23(32)27-14-13-19-11-7-8-12-22(19)35-3/h4-12,15H,13-14,16-17H2,1-3H3,(H,27,32)(H,28,34)/t26-/m0/s1. The SMILES string of the molecule is COc1ccccc1CCNC(=O)c1cc2n(n1)C[C@@](C)(C(=O)NCc1ccccc1)N(C)C2=O. The maximum absolute atomic E-state index is 13.1. The van der Waals surface area contributed by atoms with Crippen LogP contribution in [0.15, 0.2) is 60.7 Å². The van der Waals surface area contributed by atoms with Gasteiger partial charge in [0, 0.05) is 26.2 Å². The molecule has 9 heteroatoms. The molecule has 182 valence electrons. The van der Waals surface area contributed by atoms with E-state index in [9.17, 15) is 14.4 Å². The van der Waals surface area contributed by atoms with Gasteiger partial charge in [-0.3, -0.25) is 19.1 Å². The molecule has 0 unspecified atom stereocenters. The van der Waals surface area contributed by atoms with Gasteiger partial charge in [-0.1, -0.05) is 48.5 Å². The van der Waals surface area contributed by atoms with E-state index in [1.165, 1.54) is 15.6 Å². The summed E-state index contributed by atoms with van der Waals surface area (Å²) in [5.41, 5.74) is 1.20. The summed E-state index contributed by atoms with van der Waals surface area (Å²) in [4.78, 5) is 40.3. The number of fused-ring (bicyclic) bond motifs is 1. The number of hydrogen-bond donors (Lipinski definition) is 2. The Morgan fingerprint density at radius 2 is 1.80 bits per heavy atom. The molecule has 0 aliphatic carbocycles. The minimum atomic E-state index is -1.15. The summed E-state index contributed by atoms with van der Waals surface area (Å²) < 4.78 is 6.79. The Bertz CT molecular complexity index is 1240. The molecule has 2 N–H and O–H groups in total. The summed E-state index contributed by atoms with van der Waals surface area (Å²) in [7, 11) is 3.20. The maximum atomic E-state index is 13.1. The summed E-state index contributed by atoms with van der Waals surface area (Å²) in [5.74, 6) is -0.277. The molecule has 3 aromatic rings. The van der Waals surface area contributed by atoms with Crippen LogP contribution in [0.4, 0.5) is 0 Å². The zero-order valence-corrected chi connectivity index (χ0v) is 20.1. The van der Waals surface area contributed by atoms with Gasteiger partial charge < -0.3 is 20.3 Å². The topological polar surface area (TPSA) is 106 Å². The second-order valence-electron chi connectivity index (χ2n) is 8.70. The fourth-order valence-corrected chi connectivity index (χ4v) is 4.12. The van der Waals surface area contributed by atoms with Gasteiger partial charge in [0.05, 0.1) is 13.7 Å². The Morgan fingerprint density at radius 3 is 2.54 bits per heavy atom. The van der Waals surface area contributed by atoms with Crippen molar-refractivity contribution in [3.8, 4) is 5.75 Å². The van der Waals surface area contributed by atoms with Gasteiger partial charge in [0.2, 0.25) is 5.91 Å². The number of nitrogens with one attached hydrogen (secondary N) is 2. The smallest absolute Gasteiger partial charge is 0.272 e. The van der Waals surface area contributed by atoms with E-state index in [0.717, 1.165) is 16.9 Å². The molecule has 1 aliphatic heterocycles. The first-order valence-electron chi connectivity index (χ1n) is 11.4. The van der Waals surface area contributed by atoms with Crippen LogP contribution in [0.3, 0.4) is 0 Å². The Morgan fingerprint density at radius 1 is 1.09 bits per heavy atom. The van der Waals surface area contributed by atoms with Gasteiger partial charge in [-0.25, -0.2) is 0 Å². The predicted octanol–water partition coefficient (Wildman–Crippen LogP) is 2.02. The summed E-state index contributed by atoms with van der Waals surface area (Å²) in [6.07, 6.45) is 0.588. The average Bonchev–Trinajstić information content (AvgIpc) is 3.30. The van der Waals surface area contributed by atoms with Crippen LogP contribution in [0.25, 0.3) is 0 Å². The van der Waals surface area contributed by atoms with E-state index in [1.54, 1.807) is 21.1 Å². The van der Waals surface area contributed by atoms with Gasteiger partial charge in [0.15, 0.2) is 5.69 Å². The highest BCUT2D eigenvalue weighted by atomic mass is 16.5. The maximum Gasteiger partial charge on any atom is 0.272 e. The number of carbonyl (C=O) groups is 3. The fourth-order valence-electron chi connectivity index (χ4n) is 4.12. The molecule has 35 heavy (non-hydrogen) atoms. The quantitative estimate of drug-likeness (QED) is 0.519. The highest BCUT2D eigenvalue weighted by Crippen LogP contribution is 2.26. The van der Waals surface area contributed by atoms with Crippen LogP contribution >= 0.6 is 0 Å². The molecule has 2 aromatic carbocycles. The van der Waals surface area contributed by atoms with Crippen molar-refractivity contribution in [3.63, 3.8) is 0 Å². The van der Waals surface area contributed by atoms with Crippen LogP contribution in [-0.4, -0.2) is 58.6 Å². The highest BCUT2D eigenvalue weighted by molar-refractivity contribution is 6.01. The van der Waals surface area contributed by atoms with E-state index in [2.05, 4.69) is 15.7 Å². The highest BCUT2D eigenvalue weighted by Gasteiger charge is 2.46. The predicted molar refractivity (Wildman–Crippen MR) is 130 cm³/mol. The lowest BCUT2D eigenvalue weighted by molar-refractivity contribution is -0.132. The van der Waals surface area contributed by atoms with E-state index in [-0.39, 0.29) is 35.7 Å². The van der Waals surface area contributed by atoms with Crippen LogP contribution in [0.5, 0.6) is 5.75 Å². The van der Waals surface area contributed by atoms with Gasteiger partial charge >= 0.3 is 0 Å². The number of nitrogens with zero attached hydrogens (tertiary/aromatic N) is 3. The van der Waals surface area contributed by atoms with Crippen molar-refractivity contribution < 1.29 is 19.1 Å². The molecule has 1 atom stereocenters. The Hall–Kier alpha value is -4.14. The number of carbonyl (C=O) groups excluding carboxylic acids is 3. The Balaban J connectivity index is 1.42. The first-order valence-corrected chi connectivity index (χ1v) is 11.4. The number of likely N-dealkylation sites (N-methyl/N-ethyl adjacent to an activating group) is 1. The van der Waals surface area contributed by atoms with Crippen molar-refractivity contribution >= 4 is 17.7 Å². The van der Waals surface area contributed by atoms with Crippen LogP contribution < -0.4 is 15.4 Å². The van der Waals surface area contributed by atoms with Crippen LogP contribution in [-0.2, 0) is 24.3 Å². The van der Waals surface area contributed by atoms with Crippen molar-refractivity contribution in [3.05, 3.63) is 83.2 Å². The molecule has 0 saturated heterocycles. The monoisotopic (exact) mass is 475 g/mol. The number of rotatable bonds is 8. The average molecular weight is 476 g/mol. The lowest BCUT2D eigenvalue weighted by atomic mass is 9.96. The molecule has 2 heterocycles. The molecule has 0 radical (unpaired) electrons. The number of hydrogen-bond acceptors (Lipinski definition) is 5. The first-order chi connectivity index (χ1) is 16.8. The third-order valence-corrected chi connectivity index (χ3v) is 6.39. The van der Waals surface area contributed by atoms with Crippen molar-refractivity contribution in [2.24, 2.45) is 0 Å². The molecular formula is C26H29N5O4. The van der Waals surface area contributed by atoms with Crippen LogP contribution in [0.2, 0.25) is 0 Å². The third-order valence-electron chi connectivity index (χ3n) is 6.39. The van der Waals surface area contributed by atoms with Gasteiger partial charge in [-0.05, 0) is 30.5 Å². The zero-order valence-electron chi connectivity index (χ0n) is 20.1. The largest absolute Gasteiger partial charge is 0.496 e. The minimum Gasteiger partial charge on any atom is -0.496 e. The van der Waals surface area contributed by atoms with E-state index in [4.69, 9.17) is 4.74 Å². The number of methoxy groups -OCH3 is 1. The second kappa shape index (κ2) is 10.0. The van der Waals surface area contributed by atoms with E-state index < -0.39 is 5.54 Å². The molecule has 0 bridgehead atoms. The lowest BCUT2D eigenvalue weighted by Crippen LogP contribution is -2.62. The Labute approximate surface area is 204 Å². The van der Waals surface area contributed by atoms with Gasteiger partial charge in [-0.15, -0.1) is 0 Å². The lowest BCUT2D eigenvalue weighted by Gasteiger charge is -2.40. The van der Waals surface area contributed by atoms with E-state index in [1.807, 2.05) is 54.6 Å². The molecule has 0 spiro atoms. The van der Waals surface area contributed by atoms with Gasteiger partial charge in [-0.2, -0.15) is 5.10 Å². The number of para-hydroxylation sites is 1. The molecule has 4 rings (SSSR count). The van der Waals surface area contributed by atoms with Crippen molar-refractivity contribution in [1.29, 1.82) is 0 Å². The van der Waals surface area contributed by atoms with E-state index >= 15 is 0 Å². The van der Waals surface area contributed by atoms with Crippen molar-refractivity contribution in [2.45, 2.75) is 32.0 Å². The molecule has 1 aromatic heterocycles. The molecule has 1 aliphatic rings. The fraction of sp³-hybridized carbons (Fsp3) is 0.308. The molecular weight excluding hydrogens is 446 g/mol. The number of ether oxygens (including phenoxy) is 1. The van der Waals surface area contributed by atoms with Crippen molar-refractivity contribution in [1.82, 2.24) is 25.3 Å². The summed E-state index contributed by atoms with van der Waals surface area (Å²) in [5, 5.41) is 10.1. The third kappa shape index (κ3) is 4.89. The Kier molecular flexibility index (Phi) is 6.86. The summed E-state index contributed by atoms with van der Waals surface area (Å²) in [6.45, 7) is 2.57. The van der Waals surface area contributed by atoms with Crippen molar-refractivity contribution in [2.75, 3.05) is 20.7 Å². The second-order valence-corrected chi connectivity index (χ2v) is 8.70. The first kappa shape index (κ1) is 24.0. The zero-order chi connectivity index (χ0) is 25.0. The molecule has 9 nitrogen and oxygen atoms in total. The van der Waals surface area contributed by atoms with Gasteiger partial charge in [0.1, 0.15) is 17.0 Å². The van der Waals surface area contributed by atoms with Crippen LogP contribution in [0.1, 0.15) is 39.0 Å². The number of aromatic nitrogens is 2. The van der Waals surface area contributed by atoms with Crippen LogP contribution in [0, 0.1) is 0 Å². The number of amides is 3.